The second kappa shape index (κ2) is 6.26. The van der Waals surface area contributed by atoms with Gasteiger partial charge in [0, 0.05) is 32.0 Å². The second-order valence-corrected chi connectivity index (χ2v) is 4.97. The highest BCUT2D eigenvalue weighted by Crippen LogP contribution is 2.16. The molecular weight excluding hydrogens is 289 g/mol. The number of aromatic nitrogens is 2. The molecule has 6 heteroatoms. The minimum Gasteiger partial charge on any atom is -0.459 e. The molecule has 1 unspecified atom stereocenters. The van der Waals surface area contributed by atoms with Gasteiger partial charge in [-0.15, -0.1) is 0 Å². The molecule has 94 valence electrons. The van der Waals surface area contributed by atoms with Gasteiger partial charge in [-0.25, -0.2) is 9.97 Å². The lowest BCUT2D eigenvalue weighted by atomic mass is 10.3. The van der Waals surface area contributed by atoms with Crippen molar-refractivity contribution < 1.29 is 9.13 Å². The van der Waals surface area contributed by atoms with E-state index in [1.807, 2.05) is 0 Å². The Labute approximate surface area is 108 Å². The lowest BCUT2D eigenvalue weighted by molar-refractivity contribution is 0.183. The molecule has 2 heterocycles. The first-order valence-corrected chi connectivity index (χ1v) is 6.50. The molecule has 1 aliphatic heterocycles. The highest BCUT2D eigenvalue weighted by molar-refractivity contribution is 9.10. The van der Waals surface area contributed by atoms with E-state index in [1.165, 1.54) is 0 Å². The molecule has 0 spiro atoms. The van der Waals surface area contributed by atoms with Gasteiger partial charge in [-0.3, -0.25) is 9.29 Å². The molecule has 1 saturated heterocycles. The predicted octanol–water partition coefficient (Wildman–Crippen LogP) is 2.05. The van der Waals surface area contributed by atoms with Crippen molar-refractivity contribution in [1.82, 2.24) is 14.9 Å². The van der Waals surface area contributed by atoms with Gasteiger partial charge in [0.1, 0.15) is 6.10 Å². The molecule has 0 amide bonds. The van der Waals surface area contributed by atoms with Crippen molar-refractivity contribution in [3.05, 3.63) is 16.9 Å². The van der Waals surface area contributed by atoms with Crippen LogP contribution in [0.1, 0.15) is 12.8 Å². The van der Waals surface area contributed by atoms with Gasteiger partial charge in [0.05, 0.1) is 11.1 Å². The van der Waals surface area contributed by atoms with Crippen molar-refractivity contribution in [1.29, 1.82) is 0 Å². The lowest BCUT2D eigenvalue weighted by Crippen LogP contribution is -2.26. The summed E-state index contributed by atoms with van der Waals surface area (Å²) >= 11 is 3.27. The number of ether oxygens (including phenoxy) is 1. The summed E-state index contributed by atoms with van der Waals surface area (Å²) in [5.41, 5.74) is 0. The third kappa shape index (κ3) is 3.89. The predicted molar refractivity (Wildman–Crippen MR) is 65.8 cm³/mol. The van der Waals surface area contributed by atoms with Crippen molar-refractivity contribution in [2.24, 2.45) is 0 Å². The number of halogens is 2. The van der Waals surface area contributed by atoms with Crippen molar-refractivity contribution in [2.75, 3.05) is 26.3 Å². The number of hydrogen-bond donors (Lipinski definition) is 0. The minimum atomic E-state index is -0.252. The third-order valence-corrected chi connectivity index (χ3v) is 3.12. The normalized spacial score (nSPS) is 20.7. The molecule has 1 atom stereocenters. The average molecular weight is 304 g/mol. The Hall–Kier alpha value is -0.750. The minimum absolute atomic E-state index is 0.121. The highest BCUT2D eigenvalue weighted by Gasteiger charge is 2.24. The van der Waals surface area contributed by atoms with Gasteiger partial charge in [0.25, 0.3) is 0 Å². The van der Waals surface area contributed by atoms with Crippen LogP contribution in [-0.2, 0) is 0 Å². The second-order valence-electron chi connectivity index (χ2n) is 4.06. The fourth-order valence-electron chi connectivity index (χ4n) is 1.89. The maximum atomic E-state index is 12.0. The largest absolute Gasteiger partial charge is 0.459 e. The van der Waals surface area contributed by atoms with Gasteiger partial charge in [-0.2, -0.15) is 0 Å². The topological polar surface area (TPSA) is 38.2 Å². The molecule has 0 radical (unpaired) electrons. The maximum absolute atomic E-state index is 12.0. The number of alkyl halides is 1. The van der Waals surface area contributed by atoms with Crippen LogP contribution in [0.2, 0.25) is 0 Å². The number of rotatable bonds is 5. The van der Waals surface area contributed by atoms with Crippen LogP contribution in [0.3, 0.4) is 0 Å². The van der Waals surface area contributed by atoms with Crippen molar-refractivity contribution in [3.63, 3.8) is 0 Å². The number of hydrogen-bond acceptors (Lipinski definition) is 4. The number of likely N-dealkylation sites (tertiary alicyclic amines) is 1. The monoisotopic (exact) mass is 303 g/mol. The Morgan fingerprint density at radius 2 is 2.24 bits per heavy atom. The Bertz CT molecular complexity index is 349. The summed E-state index contributed by atoms with van der Waals surface area (Å²) in [6.07, 6.45) is 5.00. The summed E-state index contributed by atoms with van der Waals surface area (Å²) in [7, 11) is 0. The quantitative estimate of drug-likeness (QED) is 0.834. The van der Waals surface area contributed by atoms with Crippen LogP contribution < -0.4 is 4.74 Å². The third-order valence-electron chi connectivity index (χ3n) is 2.71. The van der Waals surface area contributed by atoms with Crippen LogP contribution in [0.25, 0.3) is 0 Å². The van der Waals surface area contributed by atoms with E-state index < -0.39 is 0 Å². The first-order valence-electron chi connectivity index (χ1n) is 5.70. The summed E-state index contributed by atoms with van der Waals surface area (Å²) in [4.78, 5) is 10.4. The van der Waals surface area contributed by atoms with Crippen LogP contribution in [0.5, 0.6) is 6.01 Å². The Morgan fingerprint density at radius 3 is 2.94 bits per heavy atom. The smallest absolute Gasteiger partial charge is 0.316 e. The standard InChI is InChI=1S/C11H15BrFN3O/c12-9-6-14-11(15-7-9)17-10-2-5-16(8-10)4-1-3-13/h6-7,10H,1-5,8H2. The van der Waals surface area contributed by atoms with Crippen LogP contribution in [0.4, 0.5) is 4.39 Å². The molecule has 1 fully saturated rings. The first kappa shape index (κ1) is 12.7. The van der Waals surface area contributed by atoms with Crippen molar-refractivity contribution in [2.45, 2.75) is 18.9 Å². The molecule has 0 aromatic carbocycles. The van der Waals surface area contributed by atoms with E-state index in [2.05, 4.69) is 30.8 Å². The van der Waals surface area contributed by atoms with Crippen LogP contribution in [-0.4, -0.2) is 47.3 Å². The fourth-order valence-corrected chi connectivity index (χ4v) is 2.09. The zero-order chi connectivity index (χ0) is 12.1. The fraction of sp³-hybridized carbons (Fsp3) is 0.636. The summed E-state index contributed by atoms with van der Waals surface area (Å²) in [5, 5.41) is 0. The van der Waals surface area contributed by atoms with Crippen molar-refractivity contribution >= 4 is 15.9 Å². The van der Waals surface area contributed by atoms with E-state index in [1.54, 1.807) is 12.4 Å². The molecule has 4 nitrogen and oxygen atoms in total. The average Bonchev–Trinajstić information content (AvgIpc) is 2.77. The van der Waals surface area contributed by atoms with Gasteiger partial charge >= 0.3 is 6.01 Å². The molecule has 0 bridgehead atoms. The van der Waals surface area contributed by atoms with Crippen LogP contribution in [0, 0.1) is 0 Å². The van der Waals surface area contributed by atoms with E-state index in [4.69, 9.17) is 4.74 Å². The Morgan fingerprint density at radius 1 is 1.47 bits per heavy atom. The zero-order valence-electron chi connectivity index (χ0n) is 9.48. The number of nitrogens with zero attached hydrogens (tertiary/aromatic N) is 3. The van der Waals surface area contributed by atoms with E-state index in [9.17, 15) is 4.39 Å². The lowest BCUT2D eigenvalue weighted by Gasteiger charge is -2.15. The van der Waals surface area contributed by atoms with Gasteiger partial charge < -0.3 is 4.74 Å². The molecule has 0 aliphatic carbocycles. The summed E-state index contributed by atoms with van der Waals surface area (Å²) in [6.45, 7) is 2.34. The molecule has 17 heavy (non-hydrogen) atoms. The molecule has 2 rings (SSSR count). The Kier molecular flexibility index (Phi) is 4.67. The maximum Gasteiger partial charge on any atom is 0.316 e. The molecule has 0 N–H and O–H groups in total. The Balaban J connectivity index is 1.79. The molecule has 1 aromatic heterocycles. The van der Waals surface area contributed by atoms with E-state index in [-0.39, 0.29) is 12.8 Å². The zero-order valence-corrected chi connectivity index (χ0v) is 11.1. The van der Waals surface area contributed by atoms with Gasteiger partial charge in [0.15, 0.2) is 0 Å². The van der Waals surface area contributed by atoms with Gasteiger partial charge in [-0.1, -0.05) is 0 Å². The van der Waals surface area contributed by atoms with E-state index in [0.717, 1.165) is 30.5 Å². The molecule has 1 aliphatic rings. The van der Waals surface area contributed by atoms with E-state index in [0.29, 0.717) is 12.4 Å². The SMILES string of the molecule is FCCCN1CCC(Oc2ncc(Br)cn2)C1. The molecule has 1 aromatic rings. The molecule has 0 saturated carbocycles. The summed E-state index contributed by atoms with van der Waals surface area (Å²) < 4.78 is 18.5. The highest BCUT2D eigenvalue weighted by atomic mass is 79.9. The molecular formula is C11H15BrFN3O. The van der Waals surface area contributed by atoms with Crippen LogP contribution in [0.15, 0.2) is 16.9 Å². The summed E-state index contributed by atoms with van der Waals surface area (Å²) in [6, 6.07) is 0.408. The first-order chi connectivity index (χ1) is 8.28. The van der Waals surface area contributed by atoms with Crippen LogP contribution >= 0.6 is 15.9 Å². The van der Waals surface area contributed by atoms with Crippen molar-refractivity contribution in [3.8, 4) is 6.01 Å². The van der Waals surface area contributed by atoms with E-state index >= 15 is 0 Å². The van der Waals surface area contributed by atoms with Gasteiger partial charge in [-0.05, 0) is 28.8 Å². The van der Waals surface area contributed by atoms with Gasteiger partial charge in [0.2, 0.25) is 0 Å². The summed E-state index contributed by atoms with van der Waals surface area (Å²) in [5.74, 6) is 0.